The molecule has 0 spiro atoms. The van der Waals surface area contributed by atoms with Crippen LogP contribution in [0.4, 0.5) is 8.78 Å². The molecule has 0 aromatic rings. The van der Waals surface area contributed by atoms with Crippen LogP contribution < -0.4 is 5.73 Å². The quantitative estimate of drug-likeness (QED) is 0.700. The number of nitrogens with two attached hydrogens (primary N) is 1. The molecule has 0 bridgehead atoms. The summed E-state index contributed by atoms with van der Waals surface area (Å²) in [6.45, 7) is 2.84. The zero-order valence-corrected chi connectivity index (χ0v) is 7.39. The van der Waals surface area contributed by atoms with Gasteiger partial charge < -0.3 is 5.73 Å². The van der Waals surface area contributed by atoms with E-state index < -0.39 is 5.92 Å². The summed E-state index contributed by atoms with van der Waals surface area (Å²) < 4.78 is 25.5. The highest BCUT2D eigenvalue weighted by Crippen LogP contribution is 2.28. The third-order valence-corrected chi connectivity index (χ3v) is 2.46. The minimum Gasteiger partial charge on any atom is -0.329 e. The van der Waals surface area contributed by atoms with Gasteiger partial charge in [-0.2, -0.15) is 0 Å². The Morgan fingerprint density at radius 2 is 2.25 bits per heavy atom. The summed E-state index contributed by atoms with van der Waals surface area (Å²) in [4.78, 5) is 1.79. The van der Waals surface area contributed by atoms with Gasteiger partial charge in [-0.25, -0.2) is 8.78 Å². The van der Waals surface area contributed by atoms with E-state index in [4.69, 9.17) is 5.73 Å². The van der Waals surface area contributed by atoms with Gasteiger partial charge in [-0.3, -0.25) is 4.90 Å². The van der Waals surface area contributed by atoms with Gasteiger partial charge in [0.25, 0.3) is 5.92 Å². The van der Waals surface area contributed by atoms with Gasteiger partial charge >= 0.3 is 0 Å². The van der Waals surface area contributed by atoms with Crippen molar-refractivity contribution in [3.05, 3.63) is 0 Å². The fourth-order valence-electron chi connectivity index (χ4n) is 1.65. The summed E-state index contributed by atoms with van der Waals surface area (Å²) in [7, 11) is 0. The molecule has 0 amide bonds. The van der Waals surface area contributed by atoms with Gasteiger partial charge in [0.1, 0.15) is 0 Å². The smallest absolute Gasteiger partial charge is 0.261 e. The highest BCUT2D eigenvalue weighted by atomic mass is 19.3. The van der Waals surface area contributed by atoms with Gasteiger partial charge in [-0.05, 0) is 6.42 Å². The third-order valence-electron chi connectivity index (χ3n) is 2.46. The number of likely N-dealkylation sites (tertiary alicyclic amines) is 1. The highest BCUT2D eigenvalue weighted by Gasteiger charge is 2.39. The Bertz CT molecular complexity index is 146. The van der Waals surface area contributed by atoms with E-state index in [2.05, 4.69) is 0 Å². The molecule has 1 atom stereocenters. The molecular weight excluding hydrogens is 162 g/mol. The van der Waals surface area contributed by atoms with Gasteiger partial charge in [-0.15, -0.1) is 0 Å². The van der Waals surface area contributed by atoms with E-state index in [0.29, 0.717) is 13.1 Å². The summed E-state index contributed by atoms with van der Waals surface area (Å²) in [5.41, 5.74) is 5.47. The normalized spacial score (nSPS) is 26.0. The minimum absolute atomic E-state index is 0.0104. The lowest BCUT2D eigenvalue weighted by Crippen LogP contribution is -2.39. The minimum atomic E-state index is -2.48. The summed E-state index contributed by atoms with van der Waals surface area (Å²) in [5.74, 6) is -2.48. The van der Waals surface area contributed by atoms with E-state index in [1.54, 1.807) is 4.90 Å². The Kier molecular flexibility index (Phi) is 3.01. The van der Waals surface area contributed by atoms with E-state index >= 15 is 0 Å². The molecule has 1 unspecified atom stereocenters. The van der Waals surface area contributed by atoms with Crippen molar-refractivity contribution in [2.24, 2.45) is 5.73 Å². The topological polar surface area (TPSA) is 29.3 Å². The van der Waals surface area contributed by atoms with Gasteiger partial charge in [-0.1, -0.05) is 6.92 Å². The largest absolute Gasteiger partial charge is 0.329 e. The molecule has 4 heteroatoms. The molecule has 1 saturated heterocycles. The van der Waals surface area contributed by atoms with E-state index in [-0.39, 0.29) is 19.0 Å². The van der Waals surface area contributed by atoms with Crippen molar-refractivity contribution < 1.29 is 8.78 Å². The Morgan fingerprint density at radius 3 is 2.58 bits per heavy atom. The predicted molar refractivity (Wildman–Crippen MR) is 44.3 cm³/mol. The molecule has 1 aliphatic rings. The first-order valence-corrected chi connectivity index (χ1v) is 4.41. The first kappa shape index (κ1) is 9.86. The average Bonchev–Trinajstić information content (AvgIpc) is 2.34. The van der Waals surface area contributed by atoms with E-state index in [1.807, 2.05) is 6.92 Å². The third kappa shape index (κ3) is 2.14. The van der Waals surface area contributed by atoms with Gasteiger partial charge in [0.05, 0.1) is 6.54 Å². The van der Waals surface area contributed by atoms with E-state index in [1.165, 1.54) is 0 Å². The number of halogens is 2. The number of nitrogens with zero attached hydrogens (tertiary/aromatic N) is 1. The van der Waals surface area contributed by atoms with Crippen LogP contribution in [0.2, 0.25) is 0 Å². The zero-order valence-electron chi connectivity index (χ0n) is 7.39. The van der Waals surface area contributed by atoms with Crippen molar-refractivity contribution in [3.63, 3.8) is 0 Å². The molecule has 0 aliphatic carbocycles. The van der Waals surface area contributed by atoms with Crippen LogP contribution in [0.5, 0.6) is 0 Å². The monoisotopic (exact) mass is 178 g/mol. The molecule has 1 aliphatic heterocycles. The molecule has 12 heavy (non-hydrogen) atoms. The molecule has 0 aromatic heterocycles. The summed E-state index contributed by atoms with van der Waals surface area (Å²) in [5, 5.41) is 0. The number of hydrogen-bond acceptors (Lipinski definition) is 2. The molecular formula is C8H16F2N2. The second kappa shape index (κ2) is 3.66. The Labute approximate surface area is 71.7 Å². The predicted octanol–water partition coefficient (Wildman–Crippen LogP) is 1.06. The molecule has 72 valence electrons. The van der Waals surface area contributed by atoms with Crippen molar-refractivity contribution in [2.75, 3.05) is 19.6 Å². The maximum absolute atomic E-state index is 12.7. The molecule has 1 fully saturated rings. The Balaban J connectivity index is 2.45. The van der Waals surface area contributed by atoms with Crippen LogP contribution in [0.15, 0.2) is 0 Å². The van der Waals surface area contributed by atoms with Crippen molar-refractivity contribution >= 4 is 0 Å². The first-order valence-electron chi connectivity index (χ1n) is 4.41. The molecule has 1 rings (SSSR count). The van der Waals surface area contributed by atoms with E-state index in [0.717, 1.165) is 6.42 Å². The summed E-state index contributed by atoms with van der Waals surface area (Å²) in [6, 6.07) is 0.137. The lowest BCUT2D eigenvalue weighted by molar-refractivity contribution is 0.00784. The van der Waals surface area contributed by atoms with Crippen molar-refractivity contribution in [1.82, 2.24) is 4.90 Å². The summed E-state index contributed by atoms with van der Waals surface area (Å²) in [6.07, 6.45) is 0.843. The van der Waals surface area contributed by atoms with Crippen LogP contribution in [-0.2, 0) is 0 Å². The molecule has 0 aromatic carbocycles. The van der Waals surface area contributed by atoms with Crippen LogP contribution in [-0.4, -0.2) is 36.5 Å². The lowest BCUT2D eigenvalue weighted by atomic mass is 10.2. The Hall–Kier alpha value is -0.220. The van der Waals surface area contributed by atoms with Crippen LogP contribution in [0.25, 0.3) is 0 Å². The fourth-order valence-corrected chi connectivity index (χ4v) is 1.65. The van der Waals surface area contributed by atoms with Crippen molar-refractivity contribution in [3.8, 4) is 0 Å². The van der Waals surface area contributed by atoms with Gasteiger partial charge in [0.15, 0.2) is 0 Å². The second-order valence-electron chi connectivity index (χ2n) is 3.37. The number of rotatable bonds is 3. The van der Waals surface area contributed by atoms with Crippen molar-refractivity contribution in [1.29, 1.82) is 0 Å². The van der Waals surface area contributed by atoms with E-state index in [9.17, 15) is 8.78 Å². The molecule has 2 N–H and O–H groups in total. The summed E-state index contributed by atoms with van der Waals surface area (Å²) >= 11 is 0. The highest BCUT2D eigenvalue weighted by molar-refractivity contribution is 4.85. The molecule has 0 saturated carbocycles. The number of alkyl halides is 2. The SMILES string of the molecule is CCC(CN)N1CCC(F)(F)C1. The fraction of sp³-hybridized carbons (Fsp3) is 1.00. The molecule has 1 heterocycles. The second-order valence-corrected chi connectivity index (χ2v) is 3.37. The van der Waals surface area contributed by atoms with Crippen LogP contribution in [0.1, 0.15) is 19.8 Å². The molecule has 0 radical (unpaired) electrons. The lowest BCUT2D eigenvalue weighted by Gasteiger charge is -2.24. The van der Waals surface area contributed by atoms with Crippen LogP contribution in [0.3, 0.4) is 0 Å². The number of hydrogen-bond donors (Lipinski definition) is 1. The van der Waals surface area contributed by atoms with Crippen LogP contribution in [0, 0.1) is 0 Å². The average molecular weight is 178 g/mol. The standard InChI is InChI=1S/C8H16F2N2/c1-2-7(5-11)12-4-3-8(9,10)6-12/h7H,2-6,11H2,1H3. The van der Waals surface area contributed by atoms with Crippen LogP contribution >= 0.6 is 0 Å². The van der Waals surface area contributed by atoms with Gasteiger partial charge in [0.2, 0.25) is 0 Å². The van der Waals surface area contributed by atoms with Gasteiger partial charge in [0, 0.05) is 25.6 Å². The first-order chi connectivity index (χ1) is 5.59. The molecule has 2 nitrogen and oxygen atoms in total. The maximum atomic E-state index is 12.7. The maximum Gasteiger partial charge on any atom is 0.261 e. The van der Waals surface area contributed by atoms with Crippen molar-refractivity contribution in [2.45, 2.75) is 31.7 Å². The Morgan fingerprint density at radius 1 is 1.58 bits per heavy atom. The zero-order chi connectivity index (χ0) is 9.19.